The molecule has 0 saturated heterocycles. The lowest BCUT2D eigenvalue weighted by molar-refractivity contribution is -0.116. The van der Waals surface area contributed by atoms with E-state index in [0.717, 1.165) is 37.7 Å². The molecule has 3 rings (SSSR count). The number of amides is 1. The van der Waals surface area contributed by atoms with Crippen molar-refractivity contribution in [2.75, 3.05) is 37.8 Å². The molecular formula is C20H21BrFN3OS2. The van der Waals surface area contributed by atoms with Crippen LogP contribution in [0.5, 0.6) is 0 Å². The lowest BCUT2D eigenvalue weighted by atomic mass is 10.3. The fourth-order valence-electron chi connectivity index (χ4n) is 2.63. The zero-order valence-electron chi connectivity index (χ0n) is 15.7. The number of carbonyl (C=O) groups excluding carboxylic acids is 1. The number of hydrogen-bond donors (Lipinski definition) is 0. The predicted octanol–water partition coefficient (Wildman–Crippen LogP) is 5.27. The average Bonchev–Trinajstić information content (AvgIpc) is 3.07. The summed E-state index contributed by atoms with van der Waals surface area (Å²) in [6.07, 6.45) is 0.861. The number of nitrogens with zero attached hydrogens (tertiary/aromatic N) is 3. The van der Waals surface area contributed by atoms with E-state index in [9.17, 15) is 9.18 Å². The Morgan fingerprint density at radius 3 is 2.64 bits per heavy atom. The molecule has 0 radical (unpaired) electrons. The van der Waals surface area contributed by atoms with Crippen molar-refractivity contribution in [3.63, 3.8) is 0 Å². The summed E-state index contributed by atoms with van der Waals surface area (Å²) >= 11 is 6.42. The maximum atomic E-state index is 13.1. The summed E-state index contributed by atoms with van der Waals surface area (Å²) in [6.45, 7) is 1.51. The van der Waals surface area contributed by atoms with Crippen LogP contribution in [0.25, 0.3) is 10.2 Å². The van der Waals surface area contributed by atoms with Crippen LogP contribution < -0.4 is 4.90 Å². The van der Waals surface area contributed by atoms with E-state index >= 15 is 0 Å². The third-order valence-corrected chi connectivity index (χ3v) is 6.57. The Balaban J connectivity index is 1.76. The highest BCUT2D eigenvalue weighted by Crippen LogP contribution is 2.31. The van der Waals surface area contributed by atoms with E-state index in [1.807, 2.05) is 32.3 Å². The van der Waals surface area contributed by atoms with Gasteiger partial charge in [-0.25, -0.2) is 9.37 Å². The van der Waals surface area contributed by atoms with Gasteiger partial charge in [0.05, 0.1) is 16.0 Å². The van der Waals surface area contributed by atoms with Gasteiger partial charge in [-0.05, 0) is 69.5 Å². The zero-order valence-corrected chi connectivity index (χ0v) is 18.9. The molecule has 0 saturated carbocycles. The smallest absolute Gasteiger partial charge is 0.239 e. The van der Waals surface area contributed by atoms with Crippen molar-refractivity contribution in [1.29, 1.82) is 0 Å². The minimum atomic E-state index is -0.276. The van der Waals surface area contributed by atoms with Gasteiger partial charge in [0, 0.05) is 15.9 Å². The van der Waals surface area contributed by atoms with Crippen LogP contribution >= 0.6 is 39.0 Å². The molecule has 1 amide bonds. The monoisotopic (exact) mass is 481 g/mol. The van der Waals surface area contributed by atoms with Crippen molar-refractivity contribution >= 4 is 60.3 Å². The molecule has 0 aliphatic rings. The van der Waals surface area contributed by atoms with E-state index in [1.54, 1.807) is 17.0 Å². The Morgan fingerprint density at radius 1 is 1.18 bits per heavy atom. The van der Waals surface area contributed by atoms with Crippen LogP contribution in [-0.4, -0.2) is 48.7 Å². The van der Waals surface area contributed by atoms with E-state index in [1.165, 1.54) is 35.2 Å². The molecule has 148 valence electrons. The van der Waals surface area contributed by atoms with Crippen molar-refractivity contribution in [2.45, 2.75) is 11.3 Å². The Kier molecular flexibility index (Phi) is 7.45. The van der Waals surface area contributed by atoms with Gasteiger partial charge in [-0.3, -0.25) is 9.69 Å². The van der Waals surface area contributed by atoms with Gasteiger partial charge in [0.15, 0.2) is 5.13 Å². The number of thiazole rings is 1. The molecule has 0 fully saturated rings. The molecule has 28 heavy (non-hydrogen) atoms. The molecule has 8 heteroatoms. The second kappa shape index (κ2) is 9.82. The van der Waals surface area contributed by atoms with Crippen molar-refractivity contribution in [2.24, 2.45) is 0 Å². The molecule has 1 heterocycles. The lowest BCUT2D eigenvalue weighted by Crippen LogP contribution is -2.34. The van der Waals surface area contributed by atoms with Crippen LogP contribution in [0.1, 0.15) is 6.42 Å². The number of hydrogen-bond acceptors (Lipinski definition) is 5. The Labute approximate surface area is 180 Å². The number of fused-ring (bicyclic) bond motifs is 1. The van der Waals surface area contributed by atoms with Gasteiger partial charge in [-0.2, -0.15) is 0 Å². The minimum Gasteiger partial charge on any atom is -0.309 e. The molecule has 0 unspecified atom stereocenters. The quantitative estimate of drug-likeness (QED) is 0.410. The van der Waals surface area contributed by atoms with Crippen molar-refractivity contribution in [1.82, 2.24) is 9.88 Å². The fraction of sp³-hybridized carbons (Fsp3) is 0.300. The van der Waals surface area contributed by atoms with Crippen LogP contribution in [0, 0.1) is 5.82 Å². The molecule has 3 aromatic rings. The maximum absolute atomic E-state index is 13.1. The molecule has 2 aromatic carbocycles. The molecule has 0 N–H and O–H groups in total. The summed E-state index contributed by atoms with van der Waals surface area (Å²) in [6, 6.07) is 12.1. The molecule has 4 nitrogen and oxygen atoms in total. The third kappa shape index (κ3) is 5.76. The first-order valence-electron chi connectivity index (χ1n) is 8.82. The summed E-state index contributed by atoms with van der Waals surface area (Å²) in [5.74, 6) is 0.0144. The van der Waals surface area contributed by atoms with Crippen molar-refractivity contribution in [3.8, 4) is 0 Å². The van der Waals surface area contributed by atoms with Crippen molar-refractivity contribution in [3.05, 3.63) is 52.8 Å². The van der Waals surface area contributed by atoms with Gasteiger partial charge in [-0.15, -0.1) is 11.8 Å². The number of rotatable bonds is 8. The largest absolute Gasteiger partial charge is 0.309 e. The van der Waals surface area contributed by atoms with Crippen LogP contribution in [0.2, 0.25) is 0 Å². The number of benzene rings is 2. The van der Waals surface area contributed by atoms with Gasteiger partial charge in [0.25, 0.3) is 0 Å². The number of aromatic nitrogens is 1. The highest BCUT2D eigenvalue weighted by atomic mass is 79.9. The zero-order chi connectivity index (χ0) is 20.1. The highest BCUT2D eigenvalue weighted by Gasteiger charge is 2.20. The highest BCUT2D eigenvalue weighted by molar-refractivity contribution is 9.10. The van der Waals surface area contributed by atoms with Crippen LogP contribution in [0.4, 0.5) is 9.52 Å². The Hall–Kier alpha value is -1.48. The van der Waals surface area contributed by atoms with Crippen LogP contribution in [0.15, 0.2) is 51.8 Å². The first-order chi connectivity index (χ1) is 13.4. The van der Waals surface area contributed by atoms with E-state index in [2.05, 4.69) is 25.8 Å². The van der Waals surface area contributed by atoms with Gasteiger partial charge in [0.2, 0.25) is 5.91 Å². The van der Waals surface area contributed by atoms with Crippen molar-refractivity contribution < 1.29 is 9.18 Å². The Bertz CT molecular complexity index is 946. The molecule has 0 aliphatic carbocycles. The molecule has 0 bridgehead atoms. The standard InChI is InChI=1S/C20H21BrFN3OS2/c1-24(2)10-3-11-25(19(26)13-27-16-7-5-15(22)6-8-16)20-23-17-9-4-14(21)12-18(17)28-20/h4-9,12H,3,10-11,13H2,1-2H3. The van der Waals surface area contributed by atoms with Gasteiger partial charge in [0.1, 0.15) is 5.82 Å². The van der Waals surface area contributed by atoms with E-state index < -0.39 is 0 Å². The van der Waals surface area contributed by atoms with Crippen LogP contribution in [0.3, 0.4) is 0 Å². The van der Waals surface area contributed by atoms with E-state index in [0.29, 0.717) is 6.54 Å². The number of halogens is 2. The summed E-state index contributed by atoms with van der Waals surface area (Å²) in [5.41, 5.74) is 0.889. The molecule has 0 aliphatic heterocycles. The second-order valence-corrected chi connectivity index (χ2v) is 9.53. The SMILES string of the molecule is CN(C)CCCN(C(=O)CSc1ccc(F)cc1)c1nc2ccc(Br)cc2s1. The van der Waals surface area contributed by atoms with Gasteiger partial charge >= 0.3 is 0 Å². The number of carbonyl (C=O) groups is 1. The van der Waals surface area contributed by atoms with E-state index in [-0.39, 0.29) is 17.5 Å². The minimum absolute atomic E-state index is 0.00574. The maximum Gasteiger partial charge on any atom is 0.239 e. The fourth-order valence-corrected chi connectivity index (χ4v) is 4.96. The number of thioether (sulfide) groups is 1. The van der Waals surface area contributed by atoms with Gasteiger partial charge < -0.3 is 4.90 Å². The topological polar surface area (TPSA) is 36.4 Å². The summed E-state index contributed by atoms with van der Waals surface area (Å²) < 4.78 is 15.1. The lowest BCUT2D eigenvalue weighted by Gasteiger charge is -2.21. The third-order valence-electron chi connectivity index (χ3n) is 4.03. The predicted molar refractivity (Wildman–Crippen MR) is 120 cm³/mol. The molecular weight excluding hydrogens is 461 g/mol. The molecule has 1 aromatic heterocycles. The number of anilines is 1. The Morgan fingerprint density at radius 2 is 1.93 bits per heavy atom. The average molecular weight is 482 g/mol. The molecule has 0 atom stereocenters. The summed E-state index contributed by atoms with van der Waals surface area (Å²) in [7, 11) is 4.04. The van der Waals surface area contributed by atoms with E-state index in [4.69, 9.17) is 0 Å². The summed E-state index contributed by atoms with van der Waals surface area (Å²) in [4.78, 5) is 22.4. The van der Waals surface area contributed by atoms with Gasteiger partial charge in [-0.1, -0.05) is 27.3 Å². The summed E-state index contributed by atoms with van der Waals surface area (Å²) in [5, 5.41) is 0.719. The first kappa shape index (κ1) is 21.2. The van der Waals surface area contributed by atoms with Crippen LogP contribution in [-0.2, 0) is 4.79 Å². The second-order valence-electron chi connectivity index (χ2n) is 6.55. The first-order valence-corrected chi connectivity index (χ1v) is 11.4. The normalized spacial score (nSPS) is 11.3. The molecule has 0 spiro atoms.